The van der Waals surface area contributed by atoms with Crippen LogP contribution in [-0.2, 0) is 9.47 Å². The van der Waals surface area contributed by atoms with Gasteiger partial charge in [0.2, 0.25) is 0 Å². The molecule has 0 spiro atoms. The Labute approximate surface area is 104 Å². The summed E-state index contributed by atoms with van der Waals surface area (Å²) in [4.78, 5) is 0. The summed E-state index contributed by atoms with van der Waals surface area (Å²) in [6, 6.07) is 0. The quantitative estimate of drug-likeness (QED) is 0.425. The van der Waals surface area contributed by atoms with Gasteiger partial charge in [-0.25, -0.2) is 0 Å². The highest BCUT2D eigenvalue weighted by Gasteiger charge is 2.07. The van der Waals surface area contributed by atoms with Gasteiger partial charge in [0.15, 0.2) is 0 Å². The van der Waals surface area contributed by atoms with Crippen molar-refractivity contribution in [3.05, 3.63) is 0 Å². The van der Waals surface area contributed by atoms with E-state index in [9.17, 15) is 5.11 Å². The van der Waals surface area contributed by atoms with Crippen molar-refractivity contribution in [2.24, 2.45) is 5.92 Å². The van der Waals surface area contributed by atoms with E-state index >= 15 is 0 Å². The predicted molar refractivity (Wildman–Crippen MR) is 67.1 cm³/mol. The molecule has 0 saturated carbocycles. The molecule has 104 valence electrons. The van der Waals surface area contributed by atoms with Crippen LogP contribution in [0.1, 0.15) is 19.8 Å². The Kier molecular flexibility index (Phi) is 12.1. The fourth-order valence-electron chi connectivity index (χ4n) is 1.51. The first kappa shape index (κ1) is 16.8. The molecule has 0 aliphatic heterocycles. The van der Waals surface area contributed by atoms with Gasteiger partial charge in [0.05, 0.1) is 25.9 Å². The smallest absolute Gasteiger partial charge is 0.0897 e. The number of aliphatic hydroxyl groups excluding tert-OH is 2. The van der Waals surface area contributed by atoms with E-state index in [0.29, 0.717) is 32.3 Å². The predicted octanol–water partition coefficient (Wildman–Crippen LogP) is 0.00850. The van der Waals surface area contributed by atoms with Crippen LogP contribution in [-0.4, -0.2) is 62.9 Å². The first-order valence-corrected chi connectivity index (χ1v) is 6.30. The van der Waals surface area contributed by atoms with Crippen molar-refractivity contribution in [3.63, 3.8) is 0 Å². The van der Waals surface area contributed by atoms with Crippen LogP contribution >= 0.6 is 0 Å². The molecule has 0 fully saturated rings. The summed E-state index contributed by atoms with van der Waals surface area (Å²) < 4.78 is 10.0. The summed E-state index contributed by atoms with van der Waals surface area (Å²) in [7, 11) is 1.62. The van der Waals surface area contributed by atoms with E-state index in [-0.39, 0.29) is 6.61 Å². The second-order valence-electron chi connectivity index (χ2n) is 4.17. The van der Waals surface area contributed by atoms with Gasteiger partial charge < -0.3 is 25.0 Å². The highest BCUT2D eigenvalue weighted by Crippen LogP contribution is 2.05. The molecule has 0 aromatic rings. The second kappa shape index (κ2) is 12.3. The summed E-state index contributed by atoms with van der Waals surface area (Å²) in [5.41, 5.74) is 0. The Hall–Kier alpha value is -0.200. The monoisotopic (exact) mass is 249 g/mol. The lowest BCUT2D eigenvalue weighted by atomic mass is 10.0. The number of nitrogens with one attached hydrogen (secondary N) is 1. The molecule has 0 bridgehead atoms. The molecule has 0 saturated heterocycles. The highest BCUT2D eigenvalue weighted by molar-refractivity contribution is 4.63. The average Bonchev–Trinajstić information content (AvgIpc) is 2.33. The van der Waals surface area contributed by atoms with E-state index in [1.165, 1.54) is 0 Å². The van der Waals surface area contributed by atoms with Crippen LogP contribution < -0.4 is 5.32 Å². The van der Waals surface area contributed by atoms with Crippen LogP contribution in [0.2, 0.25) is 0 Å². The Balaban J connectivity index is 3.39. The standard InChI is InChI=1S/C12H27NO4/c1-3-11(4-5-14)8-13-9-12(15)10-17-7-6-16-2/h11-15H,3-10H2,1-2H3. The van der Waals surface area contributed by atoms with Gasteiger partial charge in [-0.2, -0.15) is 0 Å². The molecule has 0 rings (SSSR count). The van der Waals surface area contributed by atoms with Crippen molar-refractivity contribution in [1.82, 2.24) is 5.32 Å². The lowest BCUT2D eigenvalue weighted by molar-refractivity contribution is 0.0135. The topological polar surface area (TPSA) is 71.0 Å². The van der Waals surface area contributed by atoms with Gasteiger partial charge in [-0.1, -0.05) is 13.3 Å². The molecule has 3 N–H and O–H groups in total. The Morgan fingerprint density at radius 2 is 2.00 bits per heavy atom. The van der Waals surface area contributed by atoms with Crippen LogP contribution in [0, 0.1) is 5.92 Å². The van der Waals surface area contributed by atoms with E-state index in [2.05, 4.69) is 12.2 Å². The summed E-state index contributed by atoms with van der Waals surface area (Å²) in [5, 5.41) is 21.6. The Morgan fingerprint density at radius 3 is 2.59 bits per heavy atom. The van der Waals surface area contributed by atoms with Crippen molar-refractivity contribution in [2.45, 2.75) is 25.9 Å². The van der Waals surface area contributed by atoms with Gasteiger partial charge in [-0.3, -0.25) is 0 Å². The molecule has 0 radical (unpaired) electrons. The van der Waals surface area contributed by atoms with Crippen LogP contribution in [0.25, 0.3) is 0 Å². The van der Waals surface area contributed by atoms with E-state index in [1.807, 2.05) is 0 Å². The van der Waals surface area contributed by atoms with Crippen molar-refractivity contribution >= 4 is 0 Å². The zero-order valence-corrected chi connectivity index (χ0v) is 11.0. The van der Waals surface area contributed by atoms with Crippen molar-refractivity contribution in [2.75, 3.05) is 46.6 Å². The maximum absolute atomic E-state index is 9.59. The second-order valence-corrected chi connectivity index (χ2v) is 4.17. The molecular weight excluding hydrogens is 222 g/mol. The molecule has 0 aromatic carbocycles. The molecule has 0 aliphatic rings. The van der Waals surface area contributed by atoms with Crippen LogP contribution in [0.3, 0.4) is 0 Å². The summed E-state index contributed by atoms with van der Waals surface area (Å²) in [5.74, 6) is 0.474. The highest BCUT2D eigenvalue weighted by atomic mass is 16.5. The fourth-order valence-corrected chi connectivity index (χ4v) is 1.51. The van der Waals surface area contributed by atoms with E-state index in [0.717, 1.165) is 19.4 Å². The Bertz CT molecular complexity index is 157. The minimum absolute atomic E-state index is 0.225. The first-order valence-electron chi connectivity index (χ1n) is 6.30. The number of hydrogen-bond acceptors (Lipinski definition) is 5. The number of hydrogen-bond donors (Lipinski definition) is 3. The SMILES string of the molecule is CCC(CCO)CNCC(O)COCCOC. The molecule has 5 nitrogen and oxygen atoms in total. The zero-order chi connectivity index (χ0) is 12.9. The molecule has 2 unspecified atom stereocenters. The van der Waals surface area contributed by atoms with E-state index < -0.39 is 6.10 Å². The van der Waals surface area contributed by atoms with Gasteiger partial charge >= 0.3 is 0 Å². The van der Waals surface area contributed by atoms with Gasteiger partial charge in [0.1, 0.15) is 0 Å². The first-order chi connectivity index (χ1) is 8.24. The number of methoxy groups -OCH3 is 1. The third-order valence-electron chi connectivity index (χ3n) is 2.67. The van der Waals surface area contributed by atoms with Crippen molar-refractivity contribution in [3.8, 4) is 0 Å². The number of aliphatic hydroxyl groups is 2. The maximum atomic E-state index is 9.59. The lowest BCUT2D eigenvalue weighted by Crippen LogP contribution is -2.34. The van der Waals surface area contributed by atoms with Crippen molar-refractivity contribution in [1.29, 1.82) is 0 Å². The summed E-state index contributed by atoms with van der Waals surface area (Å²) >= 11 is 0. The largest absolute Gasteiger partial charge is 0.396 e. The molecule has 0 aromatic heterocycles. The van der Waals surface area contributed by atoms with Gasteiger partial charge in [-0.05, 0) is 18.9 Å². The molecule has 0 heterocycles. The van der Waals surface area contributed by atoms with Crippen LogP contribution in [0.15, 0.2) is 0 Å². The van der Waals surface area contributed by atoms with Crippen LogP contribution in [0.4, 0.5) is 0 Å². The minimum atomic E-state index is -0.488. The molecule has 17 heavy (non-hydrogen) atoms. The number of rotatable bonds is 12. The molecule has 0 aliphatic carbocycles. The molecule has 0 amide bonds. The zero-order valence-electron chi connectivity index (χ0n) is 11.0. The fraction of sp³-hybridized carbons (Fsp3) is 1.00. The average molecular weight is 249 g/mol. The van der Waals surface area contributed by atoms with Crippen LogP contribution in [0.5, 0.6) is 0 Å². The molecule has 2 atom stereocenters. The molecule has 5 heteroatoms. The lowest BCUT2D eigenvalue weighted by Gasteiger charge is -2.16. The van der Waals surface area contributed by atoms with Crippen molar-refractivity contribution < 1.29 is 19.7 Å². The summed E-state index contributed by atoms with van der Waals surface area (Å²) in [6.07, 6.45) is 1.36. The molecular formula is C12H27NO4. The minimum Gasteiger partial charge on any atom is -0.396 e. The number of ether oxygens (including phenoxy) is 2. The third-order valence-corrected chi connectivity index (χ3v) is 2.67. The summed E-state index contributed by atoms with van der Waals surface area (Å²) in [6.45, 7) is 5.06. The maximum Gasteiger partial charge on any atom is 0.0897 e. The van der Waals surface area contributed by atoms with E-state index in [4.69, 9.17) is 14.6 Å². The third kappa shape index (κ3) is 10.7. The normalized spacial score (nSPS) is 14.8. The van der Waals surface area contributed by atoms with Gasteiger partial charge in [0, 0.05) is 20.3 Å². The Morgan fingerprint density at radius 1 is 1.24 bits per heavy atom. The van der Waals surface area contributed by atoms with Gasteiger partial charge in [0.25, 0.3) is 0 Å². The van der Waals surface area contributed by atoms with Gasteiger partial charge in [-0.15, -0.1) is 0 Å². The van der Waals surface area contributed by atoms with E-state index in [1.54, 1.807) is 7.11 Å².